The molecule has 2 fully saturated rings. The molecule has 0 bridgehead atoms. The number of fused-ring (bicyclic) bond motifs is 1. The maximum atomic E-state index is 12.7. The summed E-state index contributed by atoms with van der Waals surface area (Å²) in [4.78, 5) is 18.8. The van der Waals surface area contributed by atoms with Crippen molar-refractivity contribution in [3.63, 3.8) is 0 Å². The van der Waals surface area contributed by atoms with E-state index in [9.17, 15) is 4.79 Å². The Morgan fingerprint density at radius 1 is 1.42 bits per heavy atom. The second kappa shape index (κ2) is 6.14. The summed E-state index contributed by atoms with van der Waals surface area (Å²) < 4.78 is 13.4. The molecule has 128 valence electrons. The Kier molecular flexibility index (Phi) is 3.97. The molecular weight excluding hydrogens is 308 g/mol. The molecule has 2 aliphatic rings. The normalized spacial score (nSPS) is 23.7. The van der Waals surface area contributed by atoms with Gasteiger partial charge in [-0.05, 0) is 31.7 Å². The maximum absolute atomic E-state index is 12.7. The minimum atomic E-state index is -0.232. The van der Waals surface area contributed by atoms with Crippen LogP contribution in [0.15, 0.2) is 24.5 Å². The van der Waals surface area contributed by atoms with E-state index in [2.05, 4.69) is 10.1 Å². The first-order valence-corrected chi connectivity index (χ1v) is 8.48. The summed E-state index contributed by atoms with van der Waals surface area (Å²) in [6.45, 7) is 2.12. The third-order valence-corrected chi connectivity index (χ3v) is 5.22. The SMILES string of the molecule is CO[C@H]1CCCOC12CCN(C(=O)c1cc3ncccn3n1)CC2. The van der Waals surface area contributed by atoms with E-state index in [1.165, 1.54) is 0 Å². The molecule has 4 rings (SSSR count). The molecule has 24 heavy (non-hydrogen) atoms. The van der Waals surface area contributed by atoms with Crippen molar-refractivity contribution in [3.8, 4) is 0 Å². The van der Waals surface area contributed by atoms with Gasteiger partial charge in [0.1, 0.15) is 0 Å². The number of amides is 1. The summed E-state index contributed by atoms with van der Waals surface area (Å²) in [5.74, 6) is -0.0415. The molecule has 0 unspecified atom stereocenters. The van der Waals surface area contributed by atoms with Crippen molar-refractivity contribution < 1.29 is 14.3 Å². The molecule has 7 heteroatoms. The molecule has 0 saturated carbocycles. The van der Waals surface area contributed by atoms with E-state index < -0.39 is 0 Å². The van der Waals surface area contributed by atoms with Crippen LogP contribution in [-0.4, -0.2) is 63.9 Å². The summed E-state index contributed by atoms with van der Waals surface area (Å²) in [6.07, 6.45) is 7.30. The molecule has 2 saturated heterocycles. The molecule has 0 radical (unpaired) electrons. The lowest BCUT2D eigenvalue weighted by molar-refractivity contribution is -0.183. The van der Waals surface area contributed by atoms with Gasteiger partial charge in [-0.25, -0.2) is 9.50 Å². The molecule has 1 spiro atoms. The first-order valence-electron chi connectivity index (χ1n) is 8.48. The van der Waals surface area contributed by atoms with Gasteiger partial charge in [0.15, 0.2) is 11.3 Å². The first-order chi connectivity index (χ1) is 11.7. The lowest BCUT2D eigenvalue weighted by Crippen LogP contribution is -2.56. The number of carbonyl (C=O) groups is 1. The number of piperidine rings is 1. The van der Waals surface area contributed by atoms with Gasteiger partial charge in [0.2, 0.25) is 0 Å². The van der Waals surface area contributed by atoms with Crippen LogP contribution in [0.4, 0.5) is 0 Å². The number of hydrogen-bond acceptors (Lipinski definition) is 5. The summed E-state index contributed by atoms with van der Waals surface area (Å²) in [5, 5.41) is 4.33. The van der Waals surface area contributed by atoms with Crippen molar-refractivity contribution >= 4 is 11.6 Å². The lowest BCUT2D eigenvalue weighted by Gasteiger charge is -2.47. The predicted molar refractivity (Wildman–Crippen MR) is 86.8 cm³/mol. The van der Waals surface area contributed by atoms with E-state index >= 15 is 0 Å². The molecule has 1 atom stereocenters. The van der Waals surface area contributed by atoms with Crippen molar-refractivity contribution in [1.29, 1.82) is 0 Å². The molecule has 2 aromatic rings. The van der Waals surface area contributed by atoms with Gasteiger partial charge in [0.25, 0.3) is 5.91 Å². The summed E-state index contributed by atoms with van der Waals surface area (Å²) >= 11 is 0. The highest BCUT2D eigenvalue weighted by Crippen LogP contribution is 2.37. The average molecular weight is 330 g/mol. The van der Waals surface area contributed by atoms with Gasteiger partial charge >= 0.3 is 0 Å². The minimum Gasteiger partial charge on any atom is -0.378 e. The summed E-state index contributed by atoms with van der Waals surface area (Å²) in [7, 11) is 1.75. The van der Waals surface area contributed by atoms with Gasteiger partial charge in [0.05, 0.1) is 11.7 Å². The van der Waals surface area contributed by atoms with Crippen molar-refractivity contribution in [2.24, 2.45) is 0 Å². The van der Waals surface area contributed by atoms with Crippen LogP contribution in [0.3, 0.4) is 0 Å². The number of aromatic nitrogens is 3. The van der Waals surface area contributed by atoms with Crippen molar-refractivity contribution in [1.82, 2.24) is 19.5 Å². The van der Waals surface area contributed by atoms with Gasteiger partial charge in [-0.2, -0.15) is 5.10 Å². The Morgan fingerprint density at radius 2 is 2.25 bits per heavy atom. The van der Waals surface area contributed by atoms with E-state index in [0.717, 1.165) is 32.3 Å². The second-order valence-electron chi connectivity index (χ2n) is 6.52. The topological polar surface area (TPSA) is 69.0 Å². The zero-order chi connectivity index (χ0) is 16.6. The number of nitrogens with zero attached hydrogens (tertiary/aromatic N) is 4. The Hall–Kier alpha value is -1.99. The van der Waals surface area contributed by atoms with Crippen LogP contribution in [0.1, 0.15) is 36.2 Å². The van der Waals surface area contributed by atoms with E-state index in [4.69, 9.17) is 9.47 Å². The van der Waals surface area contributed by atoms with Crippen LogP contribution in [0.25, 0.3) is 5.65 Å². The number of ether oxygens (including phenoxy) is 2. The van der Waals surface area contributed by atoms with Crippen LogP contribution in [-0.2, 0) is 9.47 Å². The third-order valence-electron chi connectivity index (χ3n) is 5.22. The Bertz CT molecular complexity index is 703. The van der Waals surface area contributed by atoms with E-state index in [1.807, 2.05) is 4.90 Å². The highest BCUT2D eigenvalue weighted by molar-refractivity contribution is 5.93. The smallest absolute Gasteiger partial charge is 0.274 e. The molecule has 0 aromatic carbocycles. The van der Waals surface area contributed by atoms with E-state index in [-0.39, 0.29) is 17.6 Å². The maximum Gasteiger partial charge on any atom is 0.274 e. The number of hydrogen-bond donors (Lipinski definition) is 0. The second-order valence-corrected chi connectivity index (χ2v) is 6.52. The minimum absolute atomic E-state index is 0.0415. The summed E-state index contributed by atoms with van der Waals surface area (Å²) in [6, 6.07) is 3.53. The molecular formula is C17H22N4O3. The fourth-order valence-electron chi connectivity index (χ4n) is 3.88. The van der Waals surface area contributed by atoms with Crippen LogP contribution in [0.2, 0.25) is 0 Å². The van der Waals surface area contributed by atoms with Crippen LogP contribution < -0.4 is 0 Å². The fraction of sp³-hybridized carbons (Fsp3) is 0.588. The van der Waals surface area contributed by atoms with Gasteiger partial charge in [-0.1, -0.05) is 0 Å². The molecule has 1 amide bonds. The van der Waals surface area contributed by atoms with Crippen molar-refractivity contribution in [2.45, 2.75) is 37.4 Å². The first kappa shape index (κ1) is 15.5. The highest BCUT2D eigenvalue weighted by Gasteiger charge is 2.45. The average Bonchev–Trinajstić information content (AvgIpc) is 3.06. The van der Waals surface area contributed by atoms with Gasteiger partial charge in [0, 0.05) is 45.3 Å². The fourth-order valence-corrected chi connectivity index (χ4v) is 3.88. The zero-order valence-electron chi connectivity index (χ0n) is 13.9. The van der Waals surface area contributed by atoms with Gasteiger partial charge in [-0.15, -0.1) is 0 Å². The van der Waals surface area contributed by atoms with Gasteiger partial charge < -0.3 is 14.4 Å². The van der Waals surface area contributed by atoms with Gasteiger partial charge in [-0.3, -0.25) is 4.79 Å². The summed E-state index contributed by atoms with van der Waals surface area (Å²) in [5.41, 5.74) is 0.895. The van der Waals surface area contributed by atoms with Crippen molar-refractivity contribution in [3.05, 3.63) is 30.2 Å². The molecule has 2 aliphatic heterocycles. The lowest BCUT2D eigenvalue weighted by atomic mass is 9.82. The largest absolute Gasteiger partial charge is 0.378 e. The quantitative estimate of drug-likeness (QED) is 0.835. The monoisotopic (exact) mass is 330 g/mol. The standard InChI is InChI=1S/C17H22N4O3/c1-23-14-4-2-11-24-17(14)5-9-20(10-6-17)16(22)13-12-15-18-7-3-8-21(15)19-13/h3,7-8,12,14H,2,4-6,9-11H2,1H3/t14-/m0/s1. The van der Waals surface area contributed by atoms with E-state index in [0.29, 0.717) is 24.4 Å². The van der Waals surface area contributed by atoms with Crippen molar-refractivity contribution in [2.75, 3.05) is 26.8 Å². The molecule has 7 nitrogen and oxygen atoms in total. The third kappa shape index (κ3) is 2.57. The Balaban J connectivity index is 1.48. The number of rotatable bonds is 2. The molecule has 2 aromatic heterocycles. The predicted octanol–water partition coefficient (Wildman–Crippen LogP) is 1.53. The Morgan fingerprint density at radius 3 is 3.00 bits per heavy atom. The van der Waals surface area contributed by atoms with Crippen LogP contribution in [0.5, 0.6) is 0 Å². The number of likely N-dealkylation sites (tertiary alicyclic amines) is 1. The van der Waals surface area contributed by atoms with E-state index in [1.54, 1.807) is 36.2 Å². The van der Waals surface area contributed by atoms with Crippen LogP contribution >= 0.6 is 0 Å². The molecule has 0 aliphatic carbocycles. The molecule has 0 N–H and O–H groups in total. The zero-order valence-corrected chi connectivity index (χ0v) is 13.9. The van der Waals surface area contributed by atoms with Crippen LogP contribution in [0, 0.1) is 0 Å². The number of carbonyl (C=O) groups excluding carboxylic acids is 1. The Labute approximate surface area is 140 Å². The number of methoxy groups -OCH3 is 1. The highest BCUT2D eigenvalue weighted by atomic mass is 16.5. The molecule has 4 heterocycles.